The van der Waals surface area contributed by atoms with Gasteiger partial charge in [-0.1, -0.05) is 42.0 Å². The number of methoxy groups -OCH3 is 1. The summed E-state index contributed by atoms with van der Waals surface area (Å²) in [5.74, 6) is 0.130. The van der Waals surface area contributed by atoms with Crippen LogP contribution in [0.25, 0.3) is 11.1 Å². The first-order valence-electron chi connectivity index (χ1n) is 6.52. The number of esters is 1. The number of rotatable bonds is 4. The molecule has 1 unspecified atom stereocenters. The zero-order chi connectivity index (χ0) is 14.5. The van der Waals surface area contributed by atoms with Crippen LogP contribution in [0.3, 0.4) is 0 Å². The molecule has 0 amide bonds. The van der Waals surface area contributed by atoms with E-state index in [0.717, 1.165) is 11.1 Å². The van der Waals surface area contributed by atoms with Crippen molar-refractivity contribution in [2.24, 2.45) is 0 Å². The number of ether oxygens (including phenoxy) is 2. The molecule has 0 bridgehead atoms. The van der Waals surface area contributed by atoms with Crippen LogP contribution in [0.2, 0.25) is 0 Å². The van der Waals surface area contributed by atoms with Gasteiger partial charge in [0.25, 0.3) is 0 Å². The maximum atomic E-state index is 11.6. The second kappa shape index (κ2) is 6.35. The summed E-state index contributed by atoms with van der Waals surface area (Å²) >= 11 is 0. The molecule has 0 N–H and O–H groups in total. The molecule has 0 saturated carbocycles. The molecule has 3 heteroatoms. The van der Waals surface area contributed by atoms with E-state index in [1.54, 1.807) is 19.1 Å². The molecule has 2 rings (SSSR count). The normalized spacial score (nSPS) is 11.9. The molecule has 2 aromatic carbocycles. The molecule has 0 radical (unpaired) electrons. The molecule has 0 spiro atoms. The van der Waals surface area contributed by atoms with Gasteiger partial charge in [0, 0.05) is 7.11 Å². The van der Waals surface area contributed by atoms with E-state index >= 15 is 0 Å². The third-order valence-corrected chi connectivity index (χ3v) is 3.14. The van der Waals surface area contributed by atoms with Gasteiger partial charge in [0.2, 0.25) is 0 Å². The molecule has 0 saturated heterocycles. The molecule has 0 fully saturated rings. The van der Waals surface area contributed by atoms with Crippen LogP contribution < -0.4 is 4.74 Å². The lowest BCUT2D eigenvalue weighted by Gasteiger charge is -2.10. The van der Waals surface area contributed by atoms with Gasteiger partial charge in [0.05, 0.1) is 0 Å². The van der Waals surface area contributed by atoms with Gasteiger partial charge < -0.3 is 9.47 Å². The Labute approximate surface area is 119 Å². The molecule has 104 valence electrons. The Morgan fingerprint density at radius 1 is 0.950 bits per heavy atom. The Morgan fingerprint density at radius 2 is 1.45 bits per heavy atom. The first-order chi connectivity index (χ1) is 9.60. The number of benzene rings is 2. The van der Waals surface area contributed by atoms with E-state index in [2.05, 4.69) is 31.2 Å². The summed E-state index contributed by atoms with van der Waals surface area (Å²) in [6.07, 6.45) is -0.563. The van der Waals surface area contributed by atoms with E-state index in [1.807, 2.05) is 12.1 Å². The molecule has 2 aromatic rings. The third kappa shape index (κ3) is 3.45. The van der Waals surface area contributed by atoms with Crippen molar-refractivity contribution in [2.45, 2.75) is 20.0 Å². The zero-order valence-corrected chi connectivity index (χ0v) is 11.9. The van der Waals surface area contributed by atoms with Crippen LogP contribution in [0.4, 0.5) is 0 Å². The van der Waals surface area contributed by atoms with Gasteiger partial charge in [0.1, 0.15) is 5.75 Å². The van der Waals surface area contributed by atoms with Gasteiger partial charge in [-0.3, -0.25) is 0 Å². The van der Waals surface area contributed by atoms with E-state index < -0.39 is 12.1 Å². The predicted octanol–water partition coefficient (Wildman–Crippen LogP) is 3.60. The van der Waals surface area contributed by atoms with E-state index in [-0.39, 0.29) is 0 Å². The molecular formula is C17H18O3. The van der Waals surface area contributed by atoms with E-state index in [1.165, 1.54) is 12.7 Å². The maximum Gasteiger partial charge on any atom is 0.340 e. The van der Waals surface area contributed by atoms with Crippen LogP contribution >= 0.6 is 0 Å². The summed E-state index contributed by atoms with van der Waals surface area (Å²) in [7, 11) is 1.48. The summed E-state index contributed by atoms with van der Waals surface area (Å²) in [4.78, 5) is 11.6. The summed E-state index contributed by atoms with van der Waals surface area (Å²) in [5, 5.41) is 0. The minimum Gasteiger partial charge on any atom is -0.425 e. The topological polar surface area (TPSA) is 35.5 Å². The second-order valence-corrected chi connectivity index (χ2v) is 4.69. The molecule has 20 heavy (non-hydrogen) atoms. The molecule has 3 nitrogen and oxygen atoms in total. The number of carbonyl (C=O) groups is 1. The fraction of sp³-hybridized carbons (Fsp3) is 0.235. The minimum absolute atomic E-state index is 0.393. The van der Waals surface area contributed by atoms with Gasteiger partial charge in [-0.15, -0.1) is 0 Å². The number of hydrogen-bond acceptors (Lipinski definition) is 3. The first kappa shape index (κ1) is 14.3. The van der Waals surface area contributed by atoms with Gasteiger partial charge >= 0.3 is 5.97 Å². The van der Waals surface area contributed by atoms with Crippen LogP contribution in [-0.2, 0) is 9.53 Å². The maximum absolute atomic E-state index is 11.6. The van der Waals surface area contributed by atoms with Crippen LogP contribution in [0.5, 0.6) is 5.75 Å². The fourth-order valence-corrected chi connectivity index (χ4v) is 1.76. The van der Waals surface area contributed by atoms with Gasteiger partial charge in [-0.25, -0.2) is 4.79 Å². The van der Waals surface area contributed by atoms with Crippen molar-refractivity contribution in [3.05, 3.63) is 54.1 Å². The first-order valence-corrected chi connectivity index (χ1v) is 6.52. The van der Waals surface area contributed by atoms with Crippen molar-refractivity contribution < 1.29 is 14.3 Å². The largest absolute Gasteiger partial charge is 0.425 e. The lowest BCUT2D eigenvalue weighted by atomic mass is 10.0. The van der Waals surface area contributed by atoms with Crippen LogP contribution in [-0.4, -0.2) is 19.2 Å². The monoisotopic (exact) mass is 270 g/mol. The predicted molar refractivity (Wildman–Crippen MR) is 78.7 cm³/mol. The van der Waals surface area contributed by atoms with Crippen LogP contribution in [0.1, 0.15) is 12.5 Å². The Hall–Kier alpha value is -2.13. The van der Waals surface area contributed by atoms with Crippen molar-refractivity contribution in [3.8, 4) is 16.9 Å². The van der Waals surface area contributed by atoms with Crippen LogP contribution in [0, 0.1) is 6.92 Å². The number of carbonyl (C=O) groups excluding carboxylic acids is 1. The third-order valence-electron chi connectivity index (χ3n) is 3.14. The van der Waals surface area contributed by atoms with Gasteiger partial charge in [-0.05, 0) is 37.1 Å². The molecule has 1 atom stereocenters. The second-order valence-electron chi connectivity index (χ2n) is 4.69. The molecular weight excluding hydrogens is 252 g/mol. The lowest BCUT2D eigenvalue weighted by Crippen LogP contribution is -2.24. The van der Waals surface area contributed by atoms with E-state index in [9.17, 15) is 4.79 Å². The summed E-state index contributed by atoms with van der Waals surface area (Å²) in [6.45, 7) is 3.71. The van der Waals surface area contributed by atoms with Crippen molar-refractivity contribution in [1.29, 1.82) is 0 Å². The lowest BCUT2D eigenvalue weighted by molar-refractivity contribution is -0.144. The van der Waals surface area contributed by atoms with Crippen molar-refractivity contribution in [3.63, 3.8) is 0 Å². The molecule has 0 aromatic heterocycles. The highest BCUT2D eigenvalue weighted by Crippen LogP contribution is 2.23. The fourth-order valence-electron chi connectivity index (χ4n) is 1.76. The Bertz CT molecular complexity index is 570. The molecule has 0 heterocycles. The highest BCUT2D eigenvalue weighted by atomic mass is 16.6. The average Bonchev–Trinajstić information content (AvgIpc) is 2.48. The van der Waals surface area contributed by atoms with Crippen molar-refractivity contribution >= 4 is 5.97 Å². The molecule has 0 aliphatic carbocycles. The SMILES string of the molecule is COC(C)C(=O)Oc1ccc(-c2ccc(C)cc2)cc1. The van der Waals surface area contributed by atoms with Gasteiger partial charge in [0.15, 0.2) is 6.10 Å². The standard InChI is InChI=1S/C17H18O3/c1-12-4-6-14(7-5-12)15-8-10-16(11-9-15)20-17(18)13(2)19-3/h4-11,13H,1-3H3. The smallest absolute Gasteiger partial charge is 0.340 e. The molecule has 0 aliphatic heterocycles. The number of hydrogen-bond donors (Lipinski definition) is 0. The quantitative estimate of drug-likeness (QED) is 0.629. The number of aryl methyl sites for hydroxylation is 1. The highest BCUT2D eigenvalue weighted by molar-refractivity contribution is 5.77. The van der Waals surface area contributed by atoms with E-state index in [0.29, 0.717) is 5.75 Å². The summed E-state index contributed by atoms with van der Waals surface area (Å²) < 4.78 is 10.1. The van der Waals surface area contributed by atoms with Crippen molar-refractivity contribution in [1.82, 2.24) is 0 Å². The Balaban J connectivity index is 2.10. The van der Waals surface area contributed by atoms with E-state index in [4.69, 9.17) is 9.47 Å². The van der Waals surface area contributed by atoms with Gasteiger partial charge in [-0.2, -0.15) is 0 Å². The Morgan fingerprint density at radius 3 is 1.95 bits per heavy atom. The van der Waals surface area contributed by atoms with Crippen molar-refractivity contribution in [2.75, 3.05) is 7.11 Å². The summed E-state index contributed by atoms with van der Waals surface area (Å²) in [6, 6.07) is 15.7. The zero-order valence-electron chi connectivity index (χ0n) is 11.9. The average molecular weight is 270 g/mol. The molecule has 0 aliphatic rings. The highest BCUT2D eigenvalue weighted by Gasteiger charge is 2.13. The Kier molecular flexibility index (Phi) is 4.53. The van der Waals surface area contributed by atoms with Crippen LogP contribution in [0.15, 0.2) is 48.5 Å². The minimum atomic E-state index is -0.563. The summed E-state index contributed by atoms with van der Waals surface area (Å²) in [5.41, 5.74) is 3.45.